The monoisotopic (exact) mass is 251 g/mol. The topological polar surface area (TPSA) is 86.5 Å². The third-order valence-electron chi connectivity index (χ3n) is 3.14. The number of carboxylic acids is 1. The van der Waals surface area contributed by atoms with Gasteiger partial charge in [-0.3, -0.25) is 0 Å². The van der Waals surface area contributed by atoms with Crippen molar-refractivity contribution in [3.8, 4) is 0 Å². The molecule has 1 aromatic heterocycles. The maximum absolute atomic E-state index is 10.7. The number of carboxylic acid groups (broad SMARTS) is 1. The van der Waals surface area contributed by atoms with Crippen molar-refractivity contribution in [1.82, 2.24) is 9.97 Å². The van der Waals surface area contributed by atoms with E-state index in [0.717, 1.165) is 19.4 Å². The average Bonchev–Trinajstić information content (AvgIpc) is 2.76. The summed E-state index contributed by atoms with van der Waals surface area (Å²) in [4.78, 5) is 20.8. The minimum atomic E-state index is -1.07. The smallest absolute Gasteiger partial charge is 0.356 e. The molecule has 2 N–H and O–H groups in total. The van der Waals surface area contributed by atoms with Gasteiger partial charge in [-0.05, 0) is 26.2 Å². The molecule has 1 aromatic rings. The second kappa shape index (κ2) is 5.30. The highest BCUT2D eigenvalue weighted by molar-refractivity contribution is 5.84. The fourth-order valence-corrected chi connectivity index (χ4v) is 2.36. The molecule has 1 fully saturated rings. The van der Waals surface area contributed by atoms with Crippen LogP contribution in [-0.4, -0.2) is 44.8 Å². The second-order valence-corrected chi connectivity index (χ2v) is 4.64. The Hall–Kier alpha value is -1.69. The lowest BCUT2D eigenvalue weighted by atomic mass is 10.1. The first-order valence-electron chi connectivity index (χ1n) is 6.08. The Morgan fingerprint density at radius 3 is 2.89 bits per heavy atom. The molecule has 2 heterocycles. The summed E-state index contributed by atoms with van der Waals surface area (Å²) in [6.07, 6.45) is 5.19. The van der Waals surface area contributed by atoms with Gasteiger partial charge < -0.3 is 15.1 Å². The van der Waals surface area contributed by atoms with Crippen LogP contribution in [0.25, 0.3) is 0 Å². The Bertz CT molecular complexity index is 419. The fraction of sp³-hybridized carbons (Fsp3) is 0.583. The predicted octanol–water partition coefficient (Wildman–Crippen LogP) is 0.914. The van der Waals surface area contributed by atoms with Crippen LogP contribution in [0.3, 0.4) is 0 Å². The second-order valence-electron chi connectivity index (χ2n) is 4.64. The summed E-state index contributed by atoms with van der Waals surface area (Å²) in [5.41, 5.74) is -0.0509. The Labute approximate surface area is 105 Å². The van der Waals surface area contributed by atoms with Gasteiger partial charge in [0.25, 0.3) is 0 Å². The highest BCUT2D eigenvalue weighted by atomic mass is 16.4. The number of carbonyl (C=O) groups is 1. The van der Waals surface area contributed by atoms with Crippen molar-refractivity contribution in [3.63, 3.8) is 0 Å². The first-order chi connectivity index (χ1) is 8.58. The molecular weight excluding hydrogens is 234 g/mol. The molecule has 98 valence electrons. The van der Waals surface area contributed by atoms with Gasteiger partial charge in [0.2, 0.25) is 0 Å². The average molecular weight is 251 g/mol. The maximum Gasteiger partial charge on any atom is 0.356 e. The Morgan fingerprint density at radius 2 is 2.33 bits per heavy atom. The molecular formula is C12H17N3O3. The molecule has 2 atom stereocenters. The first kappa shape index (κ1) is 12.8. The lowest BCUT2D eigenvalue weighted by Crippen LogP contribution is -2.32. The maximum atomic E-state index is 10.7. The van der Waals surface area contributed by atoms with Crippen molar-refractivity contribution >= 4 is 11.8 Å². The third kappa shape index (κ3) is 2.76. The summed E-state index contributed by atoms with van der Waals surface area (Å²) in [7, 11) is 0. The van der Waals surface area contributed by atoms with Crippen molar-refractivity contribution in [2.45, 2.75) is 38.3 Å². The van der Waals surface area contributed by atoms with E-state index in [0.29, 0.717) is 12.2 Å². The van der Waals surface area contributed by atoms with E-state index in [1.54, 1.807) is 6.92 Å². The lowest BCUT2D eigenvalue weighted by Gasteiger charge is -2.26. The van der Waals surface area contributed by atoms with Crippen molar-refractivity contribution in [3.05, 3.63) is 18.1 Å². The van der Waals surface area contributed by atoms with Gasteiger partial charge in [0, 0.05) is 12.6 Å². The number of anilines is 1. The molecule has 0 amide bonds. The number of hydrogen-bond donors (Lipinski definition) is 2. The zero-order valence-corrected chi connectivity index (χ0v) is 10.3. The number of aromatic nitrogens is 2. The molecule has 2 unspecified atom stereocenters. The zero-order chi connectivity index (χ0) is 13.1. The summed E-state index contributed by atoms with van der Waals surface area (Å²) in [5, 5.41) is 18.2. The molecule has 0 saturated carbocycles. The third-order valence-corrected chi connectivity index (χ3v) is 3.14. The van der Waals surface area contributed by atoms with Gasteiger partial charge in [0.15, 0.2) is 5.69 Å². The van der Waals surface area contributed by atoms with E-state index in [9.17, 15) is 9.90 Å². The normalized spacial score (nSPS) is 21.0. The van der Waals surface area contributed by atoms with Gasteiger partial charge in [-0.2, -0.15) is 0 Å². The van der Waals surface area contributed by atoms with Crippen molar-refractivity contribution in [2.75, 3.05) is 11.4 Å². The van der Waals surface area contributed by atoms with Crippen LogP contribution in [0, 0.1) is 0 Å². The Balaban J connectivity index is 2.12. The predicted molar refractivity (Wildman–Crippen MR) is 65.7 cm³/mol. The van der Waals surface area contributed by atoms with Gasteiger partial charge in [-0.25, -0.2) is 14.8 Å². The molecule has 1 aliphatic rings. The molecule has 18 heavy (non-hydrogen) atoms. The van der Waals surface area contributed by atoms with Gasteiger partial charge >= 0.3 is 5.97 Å². The number of hydrogen-bond acceptors (Lipinski definition) is 5. The number of aliphatic hydroxyl groups is 1. The van der Waals surface area contributed by atoms with E-state index < -0.39 is 5.97 Å². The van der Waals surface area contributed by atoms with E-state index in [-0.39, 0.29) is 17.8 Å². The van der Waals surface area contributed by atoms with Gasteiger partial charge in [0.05, 0.1) is 18.5 Å². The van der Waals surface area contributed by atoms with Crippen molar-refractivity contribution < 1.29 is 15.0 Å². The highest BCUT2D eigenvalue weighted by Gasteiger charge is 2.26. The highest BCUT2D eigenvalue weighted by Crippen LogP contribution is 2.26. The van der Waals surface area contributed by atoms with E-state index in [4.69, 9.17) is 5.11 Å². The van der Waals surface area contributed by atoms with E-state index in [1.165, 1.54) is 12.4 Å². The molecule has 1 saturated heterocycles. The molecule has 0 aliphatic carbocycles. The zero-order valence-electron chi connectivity index (χ0n) is 10.3. The van der Waals surface area contributed by atoms with E-state index >= 15 is 0 Å². The molecule has 6 heteroatoms. The van der Waals surface area contributed by atoms with Crippen LogP contribution < -0.4 is 4.90 Å². The van der Waals surface area contributed by atoms with E-state index in [2.05, 4.69) is 14.9 Å². The quantitative estimate of drug-likeness (QED) is 0.827. The molecule has 1 aliphatic heterocycles. The van der Waals surface area contributed by atoms with Crippen molar-refractivity contribution in [2.24, 2.45) is 0 Å². The SMILES string of the molecule is CC(O)CC1CCCN1c1cnc(C(=O)O)cn1. The first-order valence-corrected chi connectivity index (χ1v) is 6.08. The van der Waals surface area contributed by atoms with Crippen LogP contribution in [0.2, 0.25) is 0 Å². The largest absolute Gasteiger partial charge is 0.476 e. The fourth-order valence-electron chi connectivity index (χ4n) is 2.36. The van der Waals surface area contributed by atoms with Crippen LogP contribution in [0.4, 0.5) is 5.82 Å². The standard InChI is InChI=1S/C12H17N3O3/c1-8(16)5-9-3-2-4-15(9)11-7-13-10(6-14-11)12(17)18/h6-9,16H,2-5H2,1H3,(H,17,18). The Morgan fingerprint density at radius 1 is 1.56 bits per heavy atom. The van der Waals surface area contributed by atoms with Crippen molar-refractivity contribution in [1.29, 1.82) is 0 Å². The number of aliphatic hydroxyl groups excluding tert-OH is 1. The van der Waals surface area contributed by atoms with Crippen LogP contribution in [-0.2, 0) is 0 Å². The summed E-state index contributed by atoms with van der Waals surface area (Å²) < 4.78 is 0. The molecule has 0 radical (unpaired) electrons. The van der Waals surface area contributed by atoms with Crippen LogP contribution in [0.15, 0.2) is 12.4 Å². The molecule has 0 bridgehead atoms. The minimum absolute atomic E-state index is 0.0509. The number of rotatable bonds is 4. The minimum Gasteiger partial charge on any atom is -0.476 e. The van der Waals surface area contributed by atoms with Crippen LogP contribution >= 0.6 is 0 Å². The number of nitrogens with zero attached hydrogens (tertiary/aromatic N) is 3. The summed E-state index contributed by atoms with van der Waals surface area (Å²) in [5.74, 6) is -0.390. The summed E-state index contributed by atoms with van der Waals surface area (Å²) in [6, 6.07) is 0.259. The van der Waals surface area contributed by atoms with Gasteiger partial charge in [0.1, 0.15) is 5.82 Å². The van der Waals surface area contributed by atoms with Crippen LogP contribution in [0.1, 0.15) is 36.7 Å². The number of aromatic carboxylic acids is 1. The molecule has 0 spiro atoms. The molecule has 2 rings (SSSR count). The summed E-state index contributed by atoms with van der Waals surface area (Å²) >= 11 is 0. The van der Waals surface area contributed by atoms with Crippen LogP contribution in [0.5, 0.6) is 0 Å². The van der Waals surface area contributed by atoms with Gasteiger partial charge in [-0.1, -0.05) is 0 Å². The molecule has 6 nitrogen and oxygen atoms in total. The summed E-state index contributed by atoms with van der Waals surface area (Å²) in [6.45, 7) is 2.65. The van der Waals surface area contributed by atoms with Gasteiger partial charge in [-0.15, -0.1) is 0 Å². The molecule has 0 aromatic carbocycles. The van der Waals surface area contributed by atoms with E-state index in [1.807, 2.05) is 0 Å². The Kier molecular flexibility index (Phi) is 3.76. The lowest BCUT2D eigenvalue weighted by molar-refractivity contribution is 0.0690.